The normalized spacial score (nSPS) is 16.4. The van der Waals surface area contributed by atoms with Gasteiger partial charge in [-0.1, -0.05) is 62.4 Å². The molecule has 23 heavy (non-hydrogen) atoms. The maximum atomic E-state index is 5.60. The third kappa shape index (κ3) is 4.62. The molecular formula is C20H28ClNO. The fourth-order valence-electron chi connectivity index (χ4n) is 3.60. The van der Waals surface area contributed by atoms with E-state index in [4.69, 9.17) is 4.74 Å². The van der Waals surface area contributed by atoms with Gasteiger partial charge in [-0.2, -0.15) is 0 Å². The van der Waals surface area contributed by atoms with E-state index >= 15 is 0 Å². The summed E-state index contributed by atoms with van der Waals surface area (Å²) in [6, 6.07) is 13.5. The van der Waals surface area contributed by atoms with E-state index in [0.717, 1.165) is 12.3 Å². The van der Waals surface area contributed by atoms with Crippen LogP contribution >= 0.6 is 12.4 Å². The van der Waals surface area contributed by atoms with Gasteiger partial charge >= 0.3 is 0 Å². The second-order valence-electron chi connectivity index (χ2n) is 6.39. The third-order valence-electron chi connectivity index (χ3n) is 4.89. The van der Waals surface area contributed by atoms with Crippen molar-refractivity contribution < 1.29 is 4.74 Å². The number of halogens is 1. The van der Waals surface area contributed by atoms with Gasteiger partial charge in [-0.05, 0) is 29.7 Å². The minimum absolute atomic E-state index is 0. The van der Waals surface area contributed by atoms with Crippen molar-refractivity contribution in [2.45, 2.75) is 57.5 Å². The van der Waals surface area contributed by atoms with Crippen molar-refractivity contribution in [3.05, 3.63) is 42.0 Å². The Kier molecular flexibility index (Phi) is 7.19. The molecule has 0 aromatic heterocycles. The van der Waals surface area contributed by atoms with Gasteiger partial charge in [0.25, 0.3) is 0 Å². The highest BCUT2D eigenvalue weighted by atomic mass is 35.5. The van der Waals surface area contributed by atoms with E-state index in [1.54, 1.807) is 7.11 Å². The number of hydrogen-bond acceptors (Lipinski definition) is 2. The van der Waals surface area contributed by atoms with Crippen LogP contribution in [0.4, 0.5) is 0 Å². The molecule has 1 fully saturated rings. The number of rotatable bonds is 4. The molecule has 0 saturated heterocycles. The second kappa shape index (κ2) is 9.14. The summed E-state index contributed by atoms with van der Waals surface area (Å²) >= 11 is 0. The van der Waals surface area contributed by atoms with Gasteiger partial charge in [-0.15, -0.1) is 12.4 Å². The van der Waals surface area contributed by atoms with E-state index in [1.165, 1.54) is 61.3 Å². The maximum Gasteiger partial charge on any atom is 0.123 e. The van der Waals surface area contributed by atoms with Crippen LogP contribution < -0.4 is 10.1 Å². The van der Waals surface area contributed by atoms with Crippen LogP contribution in [0.1, 0.15) is 50.5 Å². The van der Waals surface area contributed by atoms with Crippen LogP contribution in [0.5, 0.6) is 5.75 Å². The number of fused-ring (bicyclic) bond motifs is 1. The number of benzene rings is 2. The predicted octanol–water partition coefficient (Wildman–Crippen LogP) is 5.47. The van der Waals surface area contributed by atoms with Crippen LogP contribution in [0.2, 0.25) is 0 Å². The Morgan fingerprint density at radius 3 is 2.39 bits per heavy atom. The third-order valence-corrected chi connectivity index (χ3v) is 4.89. The van der Waals surface area contributed by atoms with E-state index in [9.17, 15) is 0 Å². The summed E-state index contributed by atoms with van der Waals surface area (Å²) in [5.74, 6) is 0.997. The number of methoxy groups -OCH3 is 1. The first kappa shape index (κ1) is 18.1. The summed E-state index contributed by atoms with van der Waals surface area (Å²) < 4.78 is 5.60. The molecule has 1 N–H and O–H groups in total. The molecule has 126 valence electrons. The Hall–Kier alpha value is -1.25. The zero-order valence-corrected chi connectivity index (χ0v) is 14.8. The van der Waals surface area contributed by atoms with Gasteiger partial charge in [0.1, 0.15) is 5.75 Å². The Morgan fingerprint density at radius 1 is 0.957 bits per heavy atom. The molecule has 1 aliphatic rings. The topological polar surface area (TPSA) is 21.3 Å². The lowest BCUT2D eigenvalue weighted by Crippen LogP contribution is -2.29. The van der Waals surface area contributed by atoms with Crippen molar-refractivity contribution in [3.63, 3.8) is 0 Å². The van der Waals surface area contributed by atoms with Crippen LogP contribution in [0.15, 0.2) is 36.4 Å². The lowest BCUT2D eigenvalue weighted by Gasteiger charge is -2.22. The van der Waals surface area contributed by atoms with E-state index in [2.05, 4.69) is 41.7 Å². The summed E-state index contributed by atoms with van der Waals surface area (Å²) in [5.41, 5.74) is 1.29. The standard InChI is InChI=1S/C20H27NO.ClH/c1-22-20-14-13-16-9-7-8-12-18(16)19(20)15-21-17-10-5-3-2-4-6-11-17;/h7-9,12-14,17,21H,2-6,10-11,15H2,1H3;1H. The minimum atomic E-state index is 0. The van der Waals surface area contributed by atoms with Crippen molar-refractivity contribution in [1.82, 2.24) is 5.32 Å². The molecule has 2 nitrogen and oxygen atoms in total. The van der Waals surface area contributed by atoms with Gasteiger partial charge in [-0.25, -0.2) is 0 Å². The summed E-state index contributed by atoms with van der Waals surface area (Å²) in [6.45, 7) is 0.898. The summed E-state index contributed by atoms with van der Waals surface area (Å²) in [6.07, 6.45) is 9.57. The molecule has 0 spiro atoms. The molecule has 1 saturated carbocycles. The SMILES string of the molecule is COc1ccc2ccccc2c1CNC1CCCCCCC1.Cl. The van der Waals surface area contributed by atoms with Crippen LogP contribution in [0.3, 0.4) is 0 Å². The molecule has 0 unspecified atom stereocenters. The number of ether oxygens (including phenoxy) is 1. The zero-order chi connectivity index (χ0) is 15.2. The summed E-state index contributed by atoms with van der Waals surface area (Å²) in [7, 11) is 1.77. The maximum absolute atomic E-state index is 5.60. The van der Waals surface area contributed by atoms with E-state index in [-0.39, 0.29) is 12.4 Å². The fourth-order valence-corrected chi connectivity index (χ4v) is 3.60. The summed E-state index contributed by atoms with van der Waals surface area (Å²) in [5, 5.41) is 6.39. The smallest absolute Gasteiger partial charge is 0.123 e. The van der Waals surface area contributed by atoms with Crippen LogP contribution in [0.25, 0.3) is 10.8 Å². The van der Waals surface area contributed by atoms with E-state index < -0.39 is 0 Å². The molecule has 0 atom stereocenters. The predicted molar refractivity (Wildman–Crippen MR) is 101 cm³/mol. The molecule has 1 aliphatic carbocycles. The highest BCUT2D eigenvalue weighted by Gasteiger charge is 2.13. The molecule has 0 heterocycles. The Balaban J connectivity index is 0.00000192. The molecule has 0 radical (unpaired) electrons. The largest absolute Gasteiger partial charge is 0.496 e. The van der Waals surface area contributed by atoms with Crippen LogP contribution in [-0.2, 0) is 6.54 Å². The first-order valence-corrected chi connectivity index (χ1v) is 8.66. The minimum Gasteiger partial charge on any atom is -0.496 e. The Morgan fingerprint density at radius 2 is 1.65 bits per heavy atom. The highest BCUT2D eigenvalue weighted by Crippen LogP contribution is 2.28. The average Bonchev–Trinajstić information content (AvgIpc) is 2.53. The quantitative estimate of drug-likeness (QED) is 0.800. The van der Waals surface area contributed by atoms with Gasteiger partial charge in [0.15, 0.2) is 0 Å². The van der Waals surface area contributed by atoms with Gasteiger partial charge in [0, 0.05) is 18.2 Å². The lowest BCUT2D eigenvalue weighted by atomic mass is 9.96. The fraction of sp³-hybridized carbons (Fsp3) is 0.500. The van der Waals surface area contributed by atoms with Crippen LogP contribution in [-0.4, -0.2) is 13.2 Å². The first-order chi connectivity index (χ1) is 10.9. The molecule has 0 amide bonds. The van der Waals surface area contributed by atoms with Gasteiger partial charge in [-0.3, -0.25) is 0 Å². The van der Waals surface area contributed by atoms with Crippen molar-refractivity contribution in [2.75, 3.05) is 7.11 Å². The van der Waals surface area contributed by atoms with Crippen molar-refractivity contribution in [3.8, 4) is 5.75 Å². The molecule has 2 aromatic carbocycles. The molecule has 3 rings (SSSR count). The number of hydrogen-bond donors (Lipinski definition) is 1. The van der Waals surface area contributed by atoms with Gasteiger partial charge < -0.3 is 10.1 Å². The number of nitrogens with one attached hydrogen (secondary N) is 1. The molecule has 2 aromatic rings. The molecular weight excluding hydrogens is 306 g/mol. The van der Waals surface area contributed by atoms with Crippen LogP contribution in [0, 0.1) is 0 Å². The Labute approximate surface area is 146 Å². The van der Waals surface area contributed by atoms with Crippen molar-refractivity contribution in [1.29, 1.82) is 0 Å². The first-order valence-electron chi connectivity index (χ1n) is 8.66. The van der Waals surface area contributed by atoms with E-state index in [0.29, 0.717) is 6.04 Å². The monoisotopic (exact) mass is 333 g/mol. The lowest BCUT2D eigenvalue weighted by molar-refractivity contribution is 0.379. The molecule has 0 aliphatic heterocycles. The summed E-state index contributed by atoms with van der Waals surface area (Å²) in [4.78, 5) is 0. The average molecular weight is 334 g/mol. The molecule has 0 bridgehead atoms. The van der Waals surface area contributed by atoms with Gasteiger partial charge in [0.2, 0.25) is 0 Å². The Bertz CT molecular complexity index is 606. The zero-order valence-electron chi connectivity index (χ0n) is 14.0. The van der Waals surface area contributed by atoms with Crippen molar-refractivity contribution in [2.24, 2.45) is 0 Å². The van der Waals surface area contributed by atoms with Gasteiger partial charge in [0.05, 0.1) is 7.11 Å². The second-order valence-corrected chi connectivity index (χ2v) is 6.39. The van der Waals surface area contributed by atoms with Crippen molar-refractivity contribution >= 4 is 23.2 Å². The highest BCUT2D eigenvalue weighted by molar-refractivity contribution is 5.87. The van der Waals surface area contributed by atoms with E-state index in [1.807, 2.05) is 0 Å². The molecule has 3 heteroatoms.